The summed E-state index contributed by atoms with van der Waals surface area (Å²) in [6.07, 6.45) is 1.18. The molecule has 4 heteroatoms. The smallest absolute Gasteiger partial charge is 0.384 e. The SMILES string of the molecule is CCOc1ccc(C2=COC(=O)C2=O)cc1. The zero-order valence-corrected chi connectivity index (χ0v) is 8.73. The van der Waals surface area contributed by atoms with Crippen molar-refractivity contribution in [3.63, 3.8) is 0 Å². The zero-order chi connectivity index (χ0) is 11.5. The number of benzene rings is 1. The maximum atomic E-state index is 11.3. The summed E-state index contributed by atoms with van der Waals surface area (Å²) in [6, 6.07) is 6.93. The summed E-state index contributed by atoms with van der Waals surface area (Å²) in [6.45, 7) is 2.48. The molecule has 0 aliphatic carbocycles. The second kappa shape index (κ2) is 4.18. The average molecular weight is 218 g/mol. The number of cyclic esters (lactones) is 1. The third kappa shape index (κ3) is 1.82. The molecule has 1 aromatic rings. The molecule has 0 bridgehead atoms. The van der Waals surface area contributed by atoms with E-state index < -0.39 is 11.8 Å². The summed E-state index contributed by atoms with van der Waals surface area (Å²) < 4.78 is 9.80. The molecule has 0 fully saturated rings. The summed E-state index contributed by atoms with van der Waals surface area (Å²) in [5.41, 5.74) is 0.937. The Morgan fingerprint density at radius 1 is 1.19 bits per heavy atom. The molecule has 1 aliphatic heterocycles. The lowest BCUT2D eigenvalue weighted by atomic mass is 10.0. The minimum atomic E-state index is -0.830. The van der Waals surface area contributed by atoms with Crippen LogP contribution in [0.2, 0.25) is 0 Å². The van der Waals surface area contributed by atoms with Crippen LogP contribution in [0.1, 0.15) is 12.5 Å². The molecule has 0 radical (unpaired) electrons. The Labute approximate surface area is 92.5 Å². The molecule has 0 spiro atoms. The van der Waals surface area contributed by atoms with Crippen molar-refractivity contribution < 1.29 is 19.1 Å². The fraction of sp³-hybridized carbons (Fsp3) is 0.167. The lowest BCUT2D eigenvalue weighted by molar-refractivity contribution is -0.145. The van der Waals surface area contributed by atoms with Crippen LogP contribution in [0.15, 0.2) is 30.5 Å². The standard InChI is InChI=1S/C12H10O4/c1-2-15-9-5-3-8(4-6-9)10-7-16-12(14)11(10)13/h3-7H,2H2,1H3. The number of ether oxygens (including phenoxy) is 2. The van der Waals surface area contributed by atoms with Gasteiger partial charge in [0.05, 0.1) is 12.2 Å². The zero-order valence-electron chi connectivity index (χ0n) is 8.73. The molecular weight excluding hydrogens is 208 g/mol. The highest BCUT2D eigenvalue weighted by atomic mass is 16.5. The highest BCUT2D eigenvalue weighted by Crippen LogP contribution is 2.23. The van der Waals surface area contributed by atoms with Crippen molar-refractivity contribution in [2.45, 2.75) is 6.92 Å². The Balaban J connectivity index is 2.23. The number of esters is 1. The largest absolute Gasteiger partial charge is 0.494 e. The van der Waals surface area contributed by atoms with Crippen LogP contribution >= 0.6 is 0 Å². The van der Waals surface area contributed by atoms with Crippen molar-refractivity contribution in [2.75, 3.05) is 6.61 Å². The van der Waals surface area contributed by atoms with Crippen molar-refractivity contribution in [2.24, 2.45) is 0 Å². The minimum Gasteiger partial charge on any atom is -0.494 e. The molecule has 1 aliphatic rings. The normalized spacial score (nSPS) is 14.7. The fourth-order valence-corrected chi connectivity index (χ4v) is 1.43. The summed E-state index contributed by atoms with van der Waals surface area (Å²) in [4.78, 5) is 22.2. The van der Waals surface area contributed by atoms with E-state index in [0.29, 0.717) is 12.2 Å². The van der Waals surface area contributed by atoms with E-state index in [2.05, 4.69) is 4.74 Å². The molecular formula is C12H10O4. The topological polar surface area (TPSA) is 52.6 Å². The summed E-state index contributed by atoms with van der Waals surface area (Å²) in [5.74, 6) is -0.711. The van der Waals surface area contributed by atoms with Gasteiger partial charge in [0.15, 0.2) is 0 Å². The molecule has 2 rings (SSSR count). The maximum absolute atomic E-state index is 11.3. The van der Waals surface area contributed by atoms with Gasteiger partial charge in [-0.1, -0.05) is 12.1 Å². The molecule has 0 saturated carbocycles. The van der Waals surface area contributed by atoms with Gasteiger partial charge in [-0.2, -0.15) is 0 Å². The maximum Gasteiger partial charge on any atom is 0.384 e. The first-order valence-electron chi connectivity index (χ1n) is 4.91. The molecule has 0 unspecified atom stereocenters. The van der Waals surface area contributed by atoms with E-state index in [1.807, 2.05) is 6.92 Å². The third-order valence-corrected chi connectivity index (χ3v) is 2.19. The van der Waals surface area contributed by atoms with E-state index >= 15 is 0 Å². The summed E-state index contributed by atoms with van der Waals surface area (Å²) in [5, 5.41) is 0. The number of ketones is 1. The lowest BCUT2D eigenvalue weighted by Gasteiger charge is -2.03. The Morgan fingerprint density at radius 3 is 2.38 bits per heavy atom. The van der Waals surface area contributed by atoms with Crippen LogP contribution in [0.5, 0.6) is 5.75 Å². The van der Waals surface area contributed by atoms with Crippen molar-refractivity contribution in [1.82, 2.24) is 0 Å². The van der Waals surface area contributed by atoms with Crippen molar-refractivity contribution >= 4 is 17.3 Å². The Kier molecular flexibility index (Phi) is 2.72. The molecule has 0 N–H and O–H groups in total. The van der Waals surface area contributed by atoms with Crippen LogP contribution in [-0.4, -0.2) is 18.4 Å². The number of Topliss-reactive ketones (excluding diaryl/α,β-unsaturated/α-hetero) is 1. The molecule has 16 heavy (non-hydrogen) atoms. The third-order valence-electron chi connectivity index (χ3n) is 2.19. The van der Waals surface area contributed by atoms with E-state index in [1.165, 1.54) is 6.26 Å². The van der Waals surface area contributed by atoms with Gasteiger partial charge in [-0.05, 0) is 24.6 Å². The first-order chi connectivity index (χ1) is 7.72. The molecule has 0 saturated heterocycles. The van der Waals surface area contributed by atoms with Gasteiger partial charge in [-0.25, -0.2) is 4.79 Å². The van der Waals surface area contributed by atoms with Crippen molar-refractivity contribution in [1.29, 1.82) is 0 Å². The van der Waals surface area contributed by atoms with E-state index in [1.54, 1.807) is 24.3 Å². The van der Waals surface area contributed by atoms with Gasteiger partial charge in [-0.3, -0.25) is 4.79 Å². The second-order valence-corrected chi connectivity index (χ2v) is 3.22. The lowest BCUT2D eigenvalue weighted by Crippen LogP contribution is -2.09. The molecule has 82 valence electrons. The van der Waals surface area contributed by atoms with Gasteiger partial charge in [0, 0.05) is 0 Å². The molecule has 0 aromatic heterocycles. The van der Waals surface area contributed by atoms with Crippen LogP contribution < -0.4 is 4.74 Å². The predicted octanol–water partition coefficient (Wildman–Crippen LogP) is 1.55. The van der Waals surface area contributed by atoms with E-state index in [0.717, 1.165) is 5.75 Å². The predicted molar refractivity (Wildman–Crippen MR) is 56.7 cm³/mol. The van der Waals surface area contributed by atoms with Crippen LogP contribution in [0.4, 0.5) is 0 Å². The first kappa shape index (κ1) is 10.4. The number of hydrogen-bond donors (Lipinski definition) is 0. The molecule has 1 aromatic carbocycles. The van der Waals surface area contributed by atoms with Crippen LogP contribution in [0.25, 0.3) is 5.57 Å². The van der Waals surface area contributed by atoms with E-state index in [-0.39, 0.29) is 5.57 Å². The van der Waals surface area contributed by atoms with Crippen molar-refractivity contribution in [3.8, 4) is 5.75 Å². The number of carbonyl (C=O) groups excluding carboxylic acids is 2. The number of hydrogen-bond acceptors (Lipinski definition) is 4. The van der Waals surface area contributed by atoms with E-state index in [9.17, 15) is 9.59 Å². The molecule has 1 heterocycles. The molecule has 0 amide bonds. The van der Waals surface area contributed by atoms with Gasteiger partial charge < -0.3 is 9.47 Å². The van der Waals surface area contributed by atoms with Gasteiger partial charge >= 0.3 is 5.97 Å². The number of carbonyl (C=O) groups is 2. The average Bonchev–Trinajstić information content (AvgIpc) is 2.62. The van der Waals surface area contributed by atoms with Gasteiger partial charge in [0.2, 0.25) is 0 Å². The fourth-order valence-electron chi connectivity index (χ4n) is 1.43. The molecule has 4 nitrogen and oxygen atoms in total. The van der Waals surface area contributed by atoms with Crippen LogP contribution in [0.3, 0.4) is 0 Å². The van der Waals surface area contributed by atoms with Crippen LogP contribution in [0, 0.1) is 0 Å². The van der Waals surface area contributed by atoms with Crippen molar-refractivity contribution in [3.05, 3.63) is 36.1 Å². The first-order valence-corrected chi connectivity index (χ1v) is 4.91. The minimum absolute atomic E-state index is 0.285. The van der Waals surface area contributed by atoms with Gasteiger partial charge in [0.25, 0.3) is 5.78 Å². The monoisotopic (exact) mass is 218 g/mol. The van der Waals surface area contributed by atoms with Crippen LogP contribution in [-0.2, 0) is 14.3 Å². The summed E-state index contributed by atoms with van der Waals surface area (Å²) >= 11 is 0. The highest BCUT2D eigenvalue weighted by Gasteiger charge is 2.27. The molecule has 0 atom stereocenters. The quantitative estimate of drug-likeness (QED) is 0.570. The Bertz CT molecular complexity index is 456. The Morgan fingerprint density at radius 2 is 1.88 bits per heavy atom. The van der Waals surface area contributed by atoms with E-state index in [4.69, 9.17) is 4.74 Å². The Hall–Kier alpha value is -2.10. The number of rotatable bonds is 3. The summed E-state index contributed by atoms with van der Waals surface area (Å²) in [7, 11) is 0. The highest BCUT2D eigenvalue weighted by molar-refractivity contribution is 6.53. The van der Waals surface area contributed by atoms with Gasteiger partial charge in [0.1, 0.15) is 12.0 Å². The van der Waals surface area contributed by atoms with Gasteiger partial charge in [-0.15, -0.1) is 0 Å². The second-order valence-electron chi connectivity index (χ2n) is 3.22.